The molecule has 1 saturated heterocycles. The van der Waals surface area contributed by atoms with E-state index in [-0.39, 0.29) is 23.0 Å². The summed E-state index contributed by atoms with van der Waals surface area (Å²) in [4.78, 5) is 37.9. The Morgan fingerprint density at radius 2 is 1.75 bits per heavy atom. The number of hydrogen-bond acceptors (Lipinski definition) is 3. The van der Waals surface area contributed by atoms with E-state index in [9.17, 15) is 23.2 Å². The zero-order valence-electron chi connectivity index (χ0n) is 15.0. The maximum Gasteiger partial charge on any atom is 0.315 e. The number of nitrogens with one attached hydrogen (secondary N) is 1. The summed E-state index contributed by atoms with van der Waals surface area (Å²) in [5.74, 6) is -1.69. The minimum atomic E-state index is -3.18. The molecular formula is C17H26F2N2O3. The van der Waals surface area contributed by atoms with Gasteiger partial charge in [0.1, 0.15) is 6.04 Å². The fourth-order valence-corrected chi connectivity index (χ4v) is 4.00. The van der Waals surface area contributed by atoms with Crippen LogP contribution in [-0.4, -0.2) is 47.6 Å². The minimum Gasteiger partial charge on any atom is -0.339 e. The minimum absolute atomic E-state index is 0.0105. The molecule has 1 heterocycles. The van der Waals surface area contributed by atoms with E-state index in [1.165, 1.54) is 11.8 Å². The molecule has 1 N–H and O–H groups in total. The Bertz CT molecular complexity index is 569. The van der Waals surface area contributed by atoms with Crippen molar-refractivity contribution in [2.24, 2.45) is 22.7 Å². The number of carbonyl (C=O) groups excluding carboxylic acids is 3. The van der Waals surface area contributed by atoms with Crippen molar-refractivity contribution >= 4 is 17.6 Å². The van der Waals surface area contributed by atoms with Crippen molar-refractivity contribution in [3.8, 4) is 0 Å². The maximum atomic E-state index is 13.0. The summed E-state index contributed by atoms with van der Waals surface area (Å²) >= 11 is 0. The van der Waals surface area contributed by atoms with E-state index in [1.54, 1.807) is 20.8 Å². The SMILES string of the molecule is CC(=O)[C@@H]1[C@@H]2[C@H](CN1C(=O)[C@@H](NC(=O)C(F)F)C(C)(C)C)C2(C)C. The first-order chi connectivity index (χ1) is 10.8. The number of fused-ring (bicyclic) bond motifs is 1. The number of Topliss-reactive ketones (excluding diaryl/α,β-unsaturated/α-hetero) is 1. The second kappa shape index (κ2) is 5.77. The predicted octanol–water partition coefficient (Wildman–Crippen LogP) is 1.85. The number of amides is 2. The molecule has 0 aromatic rings. The third kappa shape index (κ3) is 3.05. The highest BCUT2D eigenvalue weighted by atomic mass is 19.3. The molecule has 1 saturated carbocycles. The molecule has 2 rings (SSSR count). The lowest BCUT2D eigenvalue weighted by atomic mass is 9.85. The van der Waals surface area contributed by atoms with Gasteiger partial charge in [0.15, 0.2) is 5.78 Å². The molecule has 1 aliphatic carbocycles. The van der Waals surface area contributed by atoms with E-state index in [2.05, 4.69) is 19.2 Å². The molecule has 0 unspecified atom stereocenters. The van der Waals surface area contributed by atoms with Crippen molar-refractivity contribution in [3.05, 3.63) is 0 Å². The van der Waals surface area contributed by atoms with E-state index < -0.39 is 35.7 Å². The van der Waals surface area contributed by atoms with Gasteiger partial charge in [-0.05, 0) is 29.6 Å². The lowest BCUT2D eigenvalue weighted by Gasteiger charge is -2.37. The molecule has 4 atom stereocenters. The third-order valence-electron chi connectivity index (χ3n) is 5.51. The average Bonchev–Trinajstić information content (AvgIpc) is 2.82. The van der Waals surface area contributed by atoms with Crippen LogP contribution < -0.4 is 5.32 Å². The number of likely N-dealkylation sites (tertiary alicyclic amines) is 1. The highest BCUT2D eigenvalue weighted by Crippen LogP contribution is 2.65. The molecule has 136 valence electrons. The highest BCUT2D eigenvalue weighted by molar-refractivity contribution is 5.94. The van der Waals surface area contributed by atoms with Crippen LogP contribution in [0.2, 0.25) is 0 Å². The van der Waals surface area contributed by atoms with Crippen LogP contribution in [-0.2, 0) is 14.4 Å². The first kappa shape index (κ1) is 18.8. The monoisotopic (exact) mass is 344 g/mol. The summed E-state index contributed by atoms with van der Waals surface area (Å²) in [6, 6.07) is -1.63. The topological polar surface area (TPSA) is 66.5 Å². The Labute approximate surface area is 141 Å². The fourth-order valence-electron chi connectivity index (χ4n) is 4.00. The summed E-state index contributed by atoms with van der Waals surface area (Å²) in [5.41, 5.74) is -0.734. The molecule has 2 aliphatic rings. The second-order valence-electron chi connectivity index (χ2n) is 8.61. The van der Waals surface area contributed by atoms with Gasteiger partial charge in [-0.1, -0.05) is 34.6 Å². The molecule has 0 spiro atoms. The predicted molar refractivity (Wildman–Crippen MR) is 84.3 cm³/mol. The van der Waals surface area contributed by atoms with Crippen LogP contribution in [0.3, 0.4) is 0 Å². The molecule has 1 aliphatic heterocycles. The molecule has 0 aromatic heterocycles. The van der Waals surface area contributed by atoms with Crippen LogP contribution in [0.5, 0.6) is 0 Å². The Balaban J connectivity index is 2.24. The first-order valence-corrected chi connectivity index (χ1v) is 8.19. The number of carbonyl (C=O) groups is 3. The van der Waals surface area contributed by atoms with Crippen molar-refractivity contribution in [1.29, 1.82) is 0 Å². The van der Waals surface area contributed by atoms with Gasteiger partial charge < -0.3 is 10.2 Å². The van der Waals surface area contributed by atoms with E-state index in [0.29, 0.717) is 6.54 Å². The van der Waals surface area contributed by atoms with Gasteiger partial charge in [-0.15, -0.1) is 0 Å². The highest BCUT2D eigenvalue weighted by Gasteiger charge is 2.69. The summed E-state index contributed by atoms with van der Waals surface area (Å²) in [5, 5.41) is 2.15. The van der Waals surface area contributed by atoms with Gasteiger partial charge >= 0.3 is 6.43 Å². The molecule has 0 aromatic carbocycles. The molecule has 7 heteroatoms. The van der Waals surface area contributed by atoms with Gasteiger partial charge in [0.25, 0.3) is 5.91 Å². The Hall–Kier alpha value is -1.53. The van der Waals surface area contributed by atoms with Crippen LogP contribution in [0.4, 0.5) is 8.78 Å². The van der Waals surface area contributed by atoms with Crippen molar-refractivity contribution < 1.29 is 23.2 Å². The van der Waals surface area contributed by atoms with E-state index in [0.717, 1.165) is 0 Å². The Morgan fingerprint density at radius 1 is 1.21 bits per heavy atom. The maximum absolute atomic E-state index is 13.0. The number of rotatable bonds is 4. The van der Waals surface area contributed by atoms with Crippen molar-refractivity contribution in [1.82, 2.24) is 10.2 Å². The average molecular weight is 344 g/mol. The molecule has 0 radical (unpaired) electrons. The number of hydrogen-bond donors (Lipinski definition) is 1. The zero-order valence-corrected chi connectivity index (χ0v) is 15.0. The molecule has 2 amide bonds. The normalized spacial score (nSPS) is 29.2. The number of piperidine rings is 1. The van der Waals surface area contributed by atoms with E-state index in [1.807, 2.05) is 0 Å². The molecule has 5 nitrogen and oxygen atoms in total. The van der Waals surface area contributed by atoms with Crippen LogP contribution in [0.15, 0.2) is 0 Å². The lowest BCUT2D eigenvalue weighted by molar-refractivity contribution is -0.146. The summed E-state index contributed by atoms with van der Waals surface area (Å²) in [7, 11) is 0. The molecule has 24 heavy (non-hydrogen) atoms. The summed E-state index contributed by atoms with van der Waals surface area (Å²) in [6.07, 6.45) is -3.18. The van der Waals surface area contributed by atoms with Gasteiger partial charge in [0.2, 0.25) is 5.91 Å². The fraction of sp³-hybridized carbons (Fsp3) is 0.824. The second-order valence-corrected chi connectivity index (χ2v) is 8.61. The summed E-state index contributed by atoms with van der Waals surface area (Å²) in [6.45, 7) is 11.1. The van der Waals surface area contributed by atoms with Crippen molar-refractivity contribution in [2.45, 2.75) is 60.1 Å². The van der Waals surface area contributed by atoms with Crippen LogP contribution in [0.1, 0.15) is 41.5 Å². The molecular weight excluding hydrogens is 318 g/mol. The van der Waals surface area contributed by atoms with Gasteiger partial charge in [-0.2, -0.15) is 8.78 Å². The number of alkyl halides is 2. The lowest BCUT2D eigenvalue weighted by Crippen LogP contribution is -2.58. The number of ketones is 1. The summed E-state index contributed by atoms with van der Waals surface area (Å²) < 4.78 is 25.2. The van der Waals surface area contributed by atoms with Gasteiger partial charge in [0, 0.05) is 6.54 Å². The van der Waals surface area contributed by atoms with E-state index >= 15 is 0 Å². The van der Waals surface area contributed by atoms with Gasteiger partial charge in [-0.25, -0.2) is 0 Å². The van der Waals surface area contributed by atoms with Crippen LogP contribution in [0, 0.1) is 22.7 Å². The van der Waals surface area contributed by atoms with Crippen LogP contribution >= 0.6 is 0 Å². The first-order valence-electron chi connectivity index (χ1n) is 8.19. The quantitative estimate of drug-likeness (QED) is 0.846. The smallest absolute Gasteiger partial charge is 0.315 e. The number of nitrogens with zero attached hydrogens (tertiary/aromatic N) is 1. The van der Waals surface area contributed by atoms with E-state index in [4.69, 9.17) is 0 Å². The van der Waals surface area contributed by atoms with Crippen molar-refractivity contribution in [3.63, 3.8) is 0 Å². The standard InChI is InChI=1S/C17H26F2N2O3/c1-8(22)11-10-9(17(10,5)6)7-21(11)15(24)12(16(2,3)4)20-14(23)13(18)19/h9-13H,7H2,1-6H3,(H,20,23)/t9-,10-,11+,12+/m0/s1. The Kier molecular flexibility index (Phi) is 4.52. The van der Waals surface area contributed by atoms with Gasteiger partial charge in [0.05, 0.1) is 6.04 Å². The Morgan fingerprint density at radius 3 is 2.17 bits per heavy atom. The largest absolute Gasteiger partial charge is 0.339 e. The van der Waals surface area contributed by atoms with Crippen molar-refractivity contribution in [2.75, 3.05) is 6.54 Å². The molecule has 2 fully saturated rings. The molecule has 0 bridgehead atoms. The number of halogens is 2. The van der Waals surface area contributed by atoms with Crippen LogP contribution in [0.25, 0.3) is 0 Å². The zero-order chi connectivity index (χ0) is 18.6. The third-order valence-corrected chi connectivity index (χ3v) is 5.51. The van der Waals surface area contributed by atoms with Gasteiger partial charge in [-0.3, -0.25) is 14.4 Å².